The Morgan fingerprint density at radius 1 is 1.40 bits per heavy atom. The zero-order chi connectivity index (χ0) is 14.4. The maximum atomic E-state index is 5.14. The predicted octanol–water partition coefficient (Wildman–Crippen LogP) is 2.19. The average Bonchev–Trinajstić information content (AvgIpc) is 2.84. The second-order valence-electron chi connectivity index (χ2n) is 4.49. The van der Waals surface area contributed by atoms with E-state index in [4.69, 9.17) is 4.74 Å². The van der Waals surface area contributed by atoms with E-state index in [1.54, 1.807) is 7.11 Å². The van der Waals surface area contributed by atoms with Crippen LogP contribution in [0.3, 0.4) is 0 Å². The van der Waals surface area contributed by atoms with Crippen LogP contribution in [0.1, 0.15) is 17.3 Å². The van der Waals surface area contributed by atoms with Crippen LogP contribution in [0.5, 0.6) is 0 Å². The number of nitrogens with zero attached hydrogens (tertiary/aromatic N) is 3. The van der Waals surface area contributed by atoms with Gasteiger partial charge in [-0.1, -0.05) is 0 Å². The van der Waals surface area contributed by atoms with Crippen molar-refractivity contribution in [3.63, 3.8) is 0 Å². The molecule has 108 valence electrons. The van der Waals surface area contributed by atoms with Crippen LogP contribution in [0.4, 0.5) is 0 Å². The number of rotatable bonds is 7. The Bertz CT molecular complexity index is 529. The van der Waals surface area contributed by atoms with Crippen LogP contribution in [0, 0.1) is 0 Å². The molecule has 0 fully saturated rings. The number of hydrogen-bond acceptors (Lipinski definition) is 4. The average molecular weight is 339 g/mol. The van der Waals surface area contributed by atoms with Crippen molar-refractivity contribution in [2.45, 2.75) is 19.0 Å². The van der Waals surface area contributed by atoms with Crippen LogP contribution in [0.15, 0.2) is 35.2 Å². The van der Waals surface area contributed by atoms with Crippen molar-refractivity contribution in [1.82, 2.24) is 20.1 Å². The Labute approximate surface area is 127 Å². The minimum Gasteiger partial charge on any atom is -0.383 e. The molecule has 2 heterocycles. The van der Waals surface area contributed by atoms with Gasteiger partial charge in [-0.3, -0.25) is 9.67 Å². The van der Waals surface area contributed by atoms with Crippen molar-refractivity contribution in [2.24, 2.45) is 0 Å². The molecule has 0 aliphatic heterocycles. The number of halogens is 1. The zero-order valence-corrected chi connectivity index (χ0v) is 13.3. The van der Waals surface area contributed by atoms with Crippen LogP contribution in [0.25, 0.3) is 0 Å². The lowest BCUT2D eigenvalue weighted by Gasteiger charge is -2.19. The number of methoxy groups -OCH3 is 1. The molecule has 0 aliphatic rings. The van der Waals surface area contributed by atoms with Gasteiger partial charge in [0, 0.05) is 19.5 Å². The lowest BCUT2D eigenvalue weighted by Crippen LogP contribution is -2.24. The minimum atomic E-state index is 0.186. The fourth-order valence-corrected chi connectivity index (χ4v) is 2.74. The summed E-state index contributed by atoms with van der Waals surface area (Å²) in [6.07, 6.45) is 6.36. The normalized spacial score (nSPS) is 12.6. The molecule has 1 unspecified atom stereocenters. The molecular formula is C14H19BrN4O. The van der Waals surface area contributed by atoms with E-state index in [1.807, 2.05) is 42.5 Å². The van der Waals surface area contributed by atoms with Crippen molar-refractivity contribution in [1.29, 1.82) is 0 Å². The Hall–Kier alpha value is -1.24. The largest absolute Gasteiger partial charge is 0.383 e. The van der Waals surface area contributed by atoms with Crippen LogP contribution < -0.4 is 5.32 Å². The number of nitrogens with one attached hydrogen (secondary N) is 1. The first kappa shape index (κ1) is 15.2. The van der Waals surface area contributed by atoms with E-state index in [9.17, 15) is 0 Å². The molecule has 1 atom stereocenters. The quantitative estimate of drug-likeness (QED) is 0.840. The second-order valence-corrected chi connectivity index (χ2v) is 5.35. The molecule has 1 N–H and O–H groups in total. The van der Waals surface area contributed by atoms with Gasteiger partial charge in [0.05, 0.1) is 35.6 Å². The highest BCUT2D eigenvalue weighted by Gasteiger charge is 2.19. The van der Waals surface area contributed by atoms with E-state index in [2.05, 4.69) is 31.3 Å². The van der Waals surface area contributed by atoms with E-state index >= 15 is 0 Å². The van der Waals surface area contributed by atoms with Crippen LogP contribution >= 0.6 is 15.9 Å². The van der Waals surface area contributed by atoms with E-state index in [0.29, 0.717) is 6.61 Å². The highest BCUT2D eigenvalue weighted by atomic mass is 79.9. The number of pyridine rings is 1. The molecule has 2 aromatic rings. The molecule has 0 aromatic carbocycles. The summed E-state index contributed by atoms with van der Waals surface area (Å²) in [5.41, 5.74) is 2.38. The van der Waals surface area contributed by atoms with Gasteiger partial charge in [-0.2, -0.15) is 5.10 Å². The van der Waals surface area contributed by atoms with E-state index in [0.717, 1.165) is 23.1 Å². The molecule has 20 heavy (non-hydrogen) atoms. The van der Waals surface area contributed by atoms with E-state index in [-0.39, 0.29) is 6.04 Å². The van der Waals surface area contributed by atoms with Crippen LogP contribution in [-0.4, -0.2) is 35.5 Å². The van der Waals surface area contributed by atoms with Crippen LogP contribution in [0.2, 0.25) is 0 Å². The smallest absolute Gasteiger partial charge is 0.0699 e. The Kier molecular flexibility index (Phi) is 5.70. The Morgan fingerprint density at radius 3 is 2.80 bits per heavy atom. The van der Waals surface area contributed by atoms with E-state index in [1.165, 1.54) is 5.56 Å². The SMILES string of the molecule is CNC(Cc1ccncc1)c1c(Br)cnn1CCOC. The molecule has 2 rings (SSSR count). The molecule has 5 nitrogen and oxygen atoms in total. The first-order valence-corrected chi connectivity index (χ1v) is 7.32. The summed E-state index contributed by atoms with van der Waals surface area (Å²) >= 11 is 3.59. The number of likely N-dealkylation sites (N-methyl/N-ethyl adjacent to an activating group) is 1. The third-order valence-electron chi connectivity index (χ3n) is 3.21. The van der Waals surface area contributed by atoms with Gasteiger partial charge in [0.15, 0.2) is 0 Å². The summed E-state index contributed by atoms with van der Waals surface area (Å²) in [5.74, 6) is 0. The van der Waals surface area contributed by atoms with Gasteiger partial charge >= 0.3 is 0 Å². The number of aromatic nitrogens is 3. The third kappa shape index (κ3) is 3.65. The summed E-state index contributed by atoms with van der Waals surface area (Å²) in [5, 5.41) is 7.76. The molecule has 0 aliphatic carbocycles. The first-order valence-electron chi connectivity index (χ1n) is 6.52. The van der Waals surface area contributed by atoms with Crippen molar-refractivity contribution in [3.05, 3.63) is 46.5 Å². The summed E-state index contributed by atoms with van der Waals surface area (Å²) in [6.45, 7) is 1.39. The van der Waals surface area contributed by atoms with Crippen molar-refractivity contribution in [3.8, 4) is 0 Å². The topological polar surface area (TPSA) is 52.0 Å². The highest BCUT2D eigenvalue weighted by Crippen LogP contribution is 2.25. The van der Waals surface area contributed by atoms with Gasteiger partial charge in [0.2, 0.25) is 0 Å². The summed E-state index contributed by atoms with van der Waals surface area (Å²) in [4.78, 5) is 4.05. The first-order chi connectivity index (χ1) is 9.76. The van der Waals surface area contributed by atoms with Crippen LogP contribution in [-0.2, 0) is 17.7 Å². The zero-order valence-electron chi connectivity index (χ0n) is 11.7. The molecule has 0 bridgehead atoms. The second kappa shape index (κ2) is 7.52. The monoisotopic (exact) mass is 338 g/mol. The molecular weight excluding hydrogens is 320 g/mol. The molecule has 0 saturated heterocycles. The summed E-state index contributed by atoms with van der Waals surface area (Å²) in [7, 11) is 3.66. The van der Waals surface area contributed by atoms with Gasteiger partial charge in [0.1, 0.15) is 0 Å². The molecule has 0 radical (unpaired) electrons. The molecule has 0 amide bonds. The minimum absolute atomic E-state index is 0.186. The molecule has 2 aromatic heterocycles. The molecule has 0 saturated carbocycles. The predicted molar refractivity (Wildman–Crippen MR) is 81.5 cm³/mol. The van der Waals surface area contributed by atoms with Gasteiger partial charge in [-0.25, -0.2) is 0 Å². The van der Waals surface area contributed by atoms with Gasteiger partial charge in [0.25, 0.3) is 0 Å². The fourth-order valence-electron chi connectivity index (χ4n) is 2.16. The van der Waals surface area contributed by atoms with Crippen molar-refractivity contribution >= 4 is 15.9 Å². The molecule has 6 heteroatoms. The van der Waals surface area contributed by atoms with E-state index < -0.39 is 0 Å². The highest BCUT2D eigenvalue weighted by molar-refractivity contribution is 9.10. The maximum absolute atomic E-state index is 5.14. The van der Waals surface area contributed by atoms with Crippen molar-refractivity contribution in [2.75, 3.05) is 20.8 Å². The van der Waals surface area contributed by atoms with Gasteiger partial charge < -0.3 is 10.1 Å². The lowest BCUT2D eigenvalue weighted by atomic mass is 10.0. The lowest BCUT2D eigenvalue weighted by molar-refractivity contribution is 0.181. The maximum Gasteiger partial charge on any atom is 0.0699 e. The fraction of sp³-hybridized carbons (Fsp3) is 0.429. The summed E-state index contributed by atoms with van der Waals surface area (Å²) < 4.78 is 8.13. The summed E-state index contributed by atoms with van der Waals surface area (Å²) in [6, 6.07) is 4.26. The standard InChI is InChI=1S/C14H19BrN4O/c1-16-13(9-11-3-5-17-6-4-11)14-12(15)10-18-19(14)7-8-20-2/h3-6,10,13,16H,7-9H2,1-2H3. The number of hydrogen-bond donors (Lipinski definition) is 1. The number of ether oxygens (including phenoxy) is 1. The Balaban J connectivity index is 2.20. The van der Waals surface area contributed by atoms with Crippen molar-refractivity contribution < 1.29 is 4.74 Å². The third-order valence-corrected chi connectivity index (χ3v) is 3.82. The van der Waals surface area contributed by atoms with Gasteiger partial charge in [-0.15, -0.1) is 0 Å². The Morgan fingerprint density at radius 2 is 2.15 bits per heavy atom. The van der Waals surface area contributed by atoms with Gasteiger partial charge in [-0.05, 0) is 47.1 Å². The molecule has 0 spiro atoms.